The summed E-state index contributed by atoms with van der Waals surface area (Å²) in [5.74, 6) is -0.106. The fraction of sp³-hybridized carbons (Fsp3) is 0.385. The van der Waals surface area contributed by atoms with Crippen LogP contribution in [0.3, 0.4) is 0 Å². The monoisotopic (exact) mass is 217 g/mol. The summed E-state index contributed by atoms with van der Waals surface area (Å²) in [5.41, 5.74) is 3.02. The van der Waals surface area contributed by atoms with Crippen molar-refractivity contribution in [1.82, 2.24) is 4.90 Å². The first-order chi connectivity index (χ1) is 7.45. The molecule has 3 heteroatoms. The number of carbonyl (C=O) groups is 2. The molecule has 1 aliphatic heterocycles. The Morgan fingerprint density at radius 3 is 2.19 bits per heavy atom. The Bertz CT molecular complexity index is 489. The highest BCUT2D eigenvalue weighted by molar-refractivity contribution is 6.22. The molecule has 16 heavy (non-hydrogen) atoms. The van der Waals surface area contributed by atoms with E-state index in [-0.39, 0.29) is 17.7 Å². The van der Waals surface area contributed by atoms with Crippen LogP contribution in [0, 0.1) is 6.92 Å². The summed E-state index contributed by atoms with van der Waals surface area (Å²) >= 11 is 0. The Labute approximate surface area is 95.1 Å². The van der Waals surface area contributed by atoms with Crippen LogP contribution in [-0.2, 0) is 0 Å². The van der Waals surface area contributed by atoms with Crippen LogP contribution >= 0.6 is 0 Å². The van der Waals surface area contributed by atoms with Gasteiger partial charge in [0.15, 0.2) is 0 Å². The Morgan fingerprint density at radius 2 is 1.62 bits per heavy atom. The molecule has 2 rings (SSSR count). The van der Waals surface area contributed by atoms with Crippen LogP contribution in [-0.4, -0.2) is 23.8 Å². The van der Waals surface area contributed by atoms with E-state index in [1.54, 1.807) is 0 Å². The lowest BCUT2D eigenvalue weighted by Gasteiger charge is -2.10. The average molecular weight is 217 g/mol. The van der Waals surface area contributed by atoms with Gasteiger partial charge in [0.2, 0.25) is 0 Å². The van der Waals surface area contributed by atoms with Gasteiger partial charge in [0.1, 0.15) is 0 Å². The molecular weight excluding hydrogens is 202 g/mol. The first-order valence-electron chi connectivity index (χ1n) is 5.41. The van der Waals surface area contributed by atoms with Gasteiger partial charge in [0.25, 0.3) is 11.8 Å². The van der Waals surface area contributed by atoms with Crippen LogP contribution in [0.1, 0.15) is 51.6 Å². The van der Waals surface area contributed by atoms with Gasteiger partial charge in [-0.3, -0.25) is 14.5 Å². The van der Waals surface area contributed by atoms with Crippen molar-refractivity contribution in [3.63, 3.8) is 0 Å². The normalized spacial score (nSPS) is 14.9. The second-order valence-corrected chi connectivity index (χ2v) is 4.55. The second kappa shape index (κ2) is 3.44. The third-order valence-electron chi connectivity index (χ3n) is 3.10. The minimum absolute atomic E-state index is 0.174. The number of nitrogens with zero attached hydrogens (tertiary/aromatic N) is 1. The molecule has 0 spiro atoms. The molecule has 0 bridgehead atoms. The number of imide groups is 1. The molecule has 0 aliphatic carbocycles. The van der Waals surface area contributed by atoms with Crippen molar-refractivity contribution < 1.29 is 9.59 Å². The predicted molar refractivity (Wildman–Crippen MR) is 61.7 cm³/mol. The minimum Gasteiger partial charge on any atom is -0.277 e. The molecule has 1 aliphatic rings. The zero-order valence-corrected chi connectivity index (χ0v) is 10.00. The van der Waals surface area contributed by atoms with Crippen LogP contribution in [0.2, 0.25) is 0 Å². The summed E-state index contributed by atoms with van der Waals surface area (Å²) in [5, 5.41) is 0. The van der Waals surface area contributed by atoms with Gasteiger partial charge < -0.3 is 0 Å². The summed E-state index contributed by atoms with van der Waals surface area (Å²) in [4.78, 5) is 25.1. The maximum absolute atomic E-state index is 12.0. The van der Waals surface area contributed by atoms with E-state index in [4.69, 9.17) is 0 Å². The zero-order valence-electron chi connectivity index (χ0n) is 10.00. The van der Waals surface area contributed by atoms with Crippen molar-refractivity contribution in [2.24, 2.45) is 0 Å². The maximum atomic E-state index is 12.0. The van der Waals surface area contributed by atoms with Crippen molar-refractivity contribution in [3.8, 4) is 0 Å². The number of aryl methyl sites for hydroxylation is 1. The quantitative estimate of drug-likeness (QED) is 0.677. The molecule has 1 heterocycles. The third-order valence-corrected chi connectivity index (χ3v) is 3.10. The minimum atomic E-state index is -0.181. The highest BCUT2D eigenvalue weighted by Gasteiger charge is 2.36. The van der Waals surface area contributed by atoms with E-state index < -0.39 is 0 Å². The smallest absolute Gasteiger partial charge is 0.261 e. The van der Waals surface area contributed by atoms with Gasteiger partial charge in [-0.25, -0.2) is 0 Å². The molecular formula is C13H15NO2. The molecule has 0 N–H and O–H groups in total. The van der Waals surface area contributed by atoms with Crippen LogP contribution in [0.15, 0.2) is 12.1 Å². The van der Waals surface area contributed by atoms with E-state index in [0.717, 1.165) is 11.1 Å². The lowest BCUT2D eigenvalue weighted by Crippen LogP contribution is -2.24. The Hall–Kier alpha value is -1.64. The third kappa shape index (κ3) is 1.28. The van der Waals surface area contributed by atoms with Gasteiger partial charge in [-0.1, -0.05) is 26.0 Å². The van der Waals surface area contributed by atoms with E-state index in [2.05, 4.69) is 0 Å². The number of fused-ring (bicyclic) bond motifs is 1. The van der Waals surface area contributed by atoms with Crippen molar-refractivity contribution in [2.45, 2.75) is 26.7 Å². The topological polar surface area (TPSA) is 37.4 Å². The SMILES string of the molecule is Cc1ccc(C(C)C)c2c1C(=O)N(C)C2=O. The first-order valence-corrected chi connectivity index (χ1v) is 5.41. The summed E-state index contributed by atoms with van der Waals surface area (Å²) in [6.45, 7) is 5.93. The summed E-state index contributed by atoms with van der Waals surface area (Å²) < 4.78 is 0. The molecule has 2 amide bonds. The van der Waals surface area contributed by atoms with E-state index in [1.807, 2.05) is 32.9 Å². The fourth-order valence-corrected chi connectivity index (χ4v) is 2.14. The molecule has 0 saturated carbocycles. The lowest BCUT2D eigenvalue weighted by molar-refractivity contribution is 0.0692. The molecule has 0 radical (unpaired) electrons. The Morgan fingerprint density at radius 1 is 1.06 bits per heavy atom. The van der Waals surface area contributed by atoms with Gasteiger partial charge in [0, 0.05) is 7.05 Å². The fourth-order valence-electron chi connectivity index (χ4n) is 2.14. The molecule has 3 nitrogen and oxygen atoms in total. The molecule has 0 aromatic heterocycles. The second-order valence-electron chi connectivity index (χ2n) is 4.55. The van der Waals surface area contributed by atoms with Gasteiger partial charge in [-0.2, -0.15) is 0 Å². The van der Waals surface area contributed by atoms with Gasteiger partial charge in [-0.15, -0.1) is 0 Å². The maximum Gasteiger partial charge on any atom is 0.261 e. The molecule has 1 aromatic rings. The van der Waals surface area contributed by atoms with Gasteiger partial charge in [-0.05, 0) is 24.0 Å². The first kappa shape index (κ1) is 10.9. The van der Waals surface area contributed by atoms with Crippen molar-refractivity contribution >= 4 is 11.8 Å². The van der Waals surface area contributed by atoms with Crippen molar-refractivity contribution in [3.05, 3.63) is 34.4 Å². The van der Waals surface area contributed by atoms with Crippen LogP contribution in [0.5, 0.6) is 0 Å². The Balaban J connectivity index is 2.77. The number of amides is 2. The largest absolute Gasteiger partial charge is 0.277 e. The van der Waals surface area contributed by atoms with Crippen LogP contribution in [0.4, 0.5) is 0 Å². The Kier molecular flexibility index (Phi) is 2.34. The number of hydrogen-bond donors (Lipinski definition) is 0. The number of rotatable bonds is 1. The summed E-state index contributed by atoms with van der Waals surface area (Å²) in [6.07, 6.45) is 0. The molecule has 0 fully saturated rings. The van der Waals surface area contributed by atoms with Crippen LogP contribution in [0.25, 0.3) is 0 Å². The molecule has 1 aromatic carbocycles. The highest BCUT2D eigenvalue weighted by atomic mass is 16.2. The van der Waals surface area contributed by atoms with E-state index in [0.29, 0.717) is 11.1 Å². The molecule has 0 saturated heterocycles. The van der Waals surface area contributed by atoms with E-state index in [1.165, 1.54) is 11.9 Å². The summed E-state index contributed by atoms with van der Waals surface area (Å²) in [7, 11) is 1.54. The lowest BCUT2D eigenvalue weighted by atomic mass is 9.92. The van der Waals surface area contributed by atoms with Gasteiger partial charge >= 0.3 is 0 Å². The zero-order chi connectivity index (χ0) is 12.0. The highest BCUT2D eigenvalue weighted by Crippen LogP contribution is 2.31. The number of carbonyl (C=O) groups excluding carboxylic acids is 2. The van der Waals surface area contributed by atoms with E-state index in [9.17, 15) is 9.59 Å². The predicted octanol–water partition coefficient (Wildman–Crippen LogP) is 2.34. The molecule has 0 atom stereocenters. The van der Waals surface area contributed by atoms with Crippen molar-refractivity contribution in [1.29, 1.82) is 0 Å². The van der Waals surface area contributed by atoms with E-state index >= 15 is 0 Å². The number of benzene rings is 1. The summed E-state index contributed by atoms with van der Waals surface area (Å²) in [6, 6.07) is 3.86. The standard InChI is InChI=1S/C13H15NO2/c1-7(2)9-6-5-8(3)10-11(9)13(16)14(4)12(10)15/h5-7H,1-4H3. The number of hydrogen-bond acceptors (Lipinski definition) is 2. The average Bonchev–Trinajstić information content (AvgIpc) is 2.45. The molecule has 0 unspecified atom stereocenters. The molecule has 84 valence electrons. The van der Waals surface area contributed by atoms with Gasteiger partial charge in [0.05, 0.1) is 11.1 Å². The van der Waals surface area contributed by atoms with Crippen LogP contribution < -0.4 is 0 Å². The van der Waals surface area contributed by atoms with Crippen molar-refractivity contribution in [2.75, 3.05) is 7.05 Å².